The lowest BCUT2D eigenvalue weighted by Gasteiger charge is -2.35. The van der Waals surface area contributed by atoms with E-state index in [9.17, 15) is 10.2 Å². The maximum atomic E-state index is 10.5. The first-order valence-corrected chi connectivity index (χ1v) is 11.2. The molecule has 0 unspecified atom stereocenters. The van der Waals surface area contributed by atoms with Crippen molar-refractivity contribution in [3.8, 4) is 11.5 Å². The summed E-state index contributed by atoms with van der Waals surface area (Å²) in [5.41, 5.74) is 1.78. The van der Waals surface area contributed by atoms with Crippen molar-refractivity contribution in [3.05, 3.63) is 54.9 Å². The van der Waals surface area contributed by atoms with Gasteiger partial charge in [0, 0.05) is 34.7 Å². The van der Waals surface area contributed by atoms with Crippen molar-refractivity contribution in [2.24, 2.45) is 0 Å². The number of nitrogens with zero attached hydrogens (tertiary/aromatic N) is 1. The quantitative estimate of drug-likeness (QED) is 0.437. The molecule has 0 aliphatic heterocycles. The Morgan fingerprint density at radius 3 is 2.23 bits per heavy atom. The molecule has 0 spiro atoms. The SMILES string of the molecule is Oc1c(Br)cccc1CN(Cc1cc(Br)cc(Br)c1O)C1CCCCC1. The van der Waals surface area contributed by atoms with Crippen molar-refractivity contribution in [1.82, 2.24) is 4.90 Å². The van der Waals surface area contributed by atoms with Gasteiger partial charge in [0.2, 0.25) is 0 Å². The molecule has 1 aliphatic rings. The summed E-state index contributed by atoms with van der Waals surface area (Å²) in [6, 6.07) is 10.0. The number of hydrogen-bond donors (Lipinski definition) is 2. The van der Waals surface area contributed by atoms with E-state index in [1.165, 1.54) is 19.3 Å². The summed E-state index contributed by atoms with van der Waals surface area (Å²) >= 11 is 10.3. The fourth-order valence-electron chi connectivity index (χ4n) is 3.63. The molecule has 0 aromatic heterocycles. The lowest BCUT2D eigenvalue weighted by molar-refractivity contribution is 0.137. The summed E-state index contributed by atoms with van der Waals surface area (Å²) in [5.74, 6) is 0.584. The van der Waals surface area contributed by atoms with Crippen LogP contribution in [0.15, 0.2) is 43.7 Å². The first kappa shape index (κ1) is 20.2. The molecule has 2 N–H and O–H groups in total. The molecule has 0 atom stereocenters. The van der Waals surface area contributed by atoms with Gasteiger partial charge in [-0.25, -0.2) is 0 Å². The van der Waals surface area contributed by atoms with Crippen LogP contribution in [0.25, 0.3) is 0 Å². The van der Waals surface area contributed by atoms with Crippen LogP contribution >= 0.6 is 47.8 Å². The Kier molecular flexibility index (Phi) is 7.05. The van der Waals surface area contributed by atoms with Crippen LogP contribution in [0.5, 0.6) is 11.5 Å². The standard InChI is InChI=1S/C20H22Br3NO2/c21-15-9-14(20(26)18(23)10-15)12-24(16-6-2-1-3-7-16)11-13-5-4-8-17(22)19(13)25/h4-5,8-10,16,25-26H,1-3,6-7,11-12H2. The second kappa shape index (κ2) is 9.09. The van der Waals surface area contributed by atoms with E-state index in [1.54, 1.807) is 0 Å². The molecule has 6 heteroatoms. The monoisotopic (exact) mass is 545 g/mol. The number of aromatic hydroxyl groups is 2. The minimum Gasteiger partial charge on any atom is -0.506 e. The lowest BCUT2D eigenvalue weighted by Crippen LogP contribution is -2.36. The Morgan fingerprint density at radius 2 is 1.50 bits per heavy atom. The van der Waals surface area contributed by atoms with Crippen molar-refractivity contribution < 1.29 is 10.2 Å². The maximum Gasteiger partial charge on any atom is 0.134 e. The summed E-state index contributed by atoms with van der Waals surface area (Å²) in [6.07, 6.45) is 6.08. The van der Waals surface area contributed by atoms with Crippen LogP contribution in [0.1, 0.15) is 43.2 Å². The zero-order valence-corrected chi connectivity index (χ0v) is 19.1. The van der Waals surface area contributed by atoms with Crippen LogP contribution in [-0.2, 0) is 13.1 Å². The van der Waals surface area contributed by atoms with Crippen molar-refractivity contribution in [2.75, 3.05) is 0 Å². The maximum absolute atomic E-state index is 10.5. The van der Waals surface area contributed by atoms with Gasteiger partial charge in [-0.3, -0.25) is 4.90 Å². The number of phenols is 2. The molecule has 0 heterocycles. The minimum atomic E-state index is 0.285. The van der Waals surface area contributed by atoms with Gasteiger partial charge < -0.3 is 10.2 Å². The normalized spacial score (nSPS) is 15.5. The Labute approximate surface area is 179 Å². The molecule has 3 rings (SSSR count). The van der Waals surface area contributed by atoms with E-state index < -0.39 is 0 Å². The fraction of sp³-hybridized carbons (Fsp3) is 0.400. The molecule has 2 aromatic rings. The second-order valence-electron chi connectivity index (χ2n) is 6.84. The summed E-state index contributed by atoms with van der Waals surface area (Å²) in [4.78, 5) is 2.38. The van der Waals surface area contributed by atoms with Crippen molar-refractivity contribution in [2.45, 2.75) is 51.2 Å². The number of rotatable bonds is 5. The molecule has 0 amide bonds. The molecule has 26 heavy (non-hydrogen) atoms. The largest absolute Gasteiger partial charge is 0.506 e. The van der Waals surface area contributed by atoms with Crippen LogP contribution in [-0.4, -0.2) is 21.2 Å². The highest BCUT2D eigenvalue weighted by molar-refractivity contribution is 9.11. The van der Waals surface area contributed by atoms with Gasteiger partial charge in [0.15, 0.2) is 0 Å². The predicted molar refractivity (Wildman–Crippen MR) is 115 cm³/mol. The number of para-hydroxylation sites is 1. The van der Waals surface area contributed by atoms with E-state index in [1.807, 2.05) is 30.3 Å². The van der Waals surface area contributed by atoms with Gasteiger partial charge in [-0.1, -0.05) is 47.3 Å². The van der Waals surface area contributed by atoms with Gasteiger partial charge in [-0.2, -0.15) is 0 Å². The third kappa shape index (κ3) is 4.83. The number of hydrogen-bond acceptors (Lipinski definition) is 3. The highest BCUT2D eigenvalue weighted by Gasteiger charge is 2.24. The topological polar surface area (TPSA) is 43.7 Å². The second-order valence-corrected chi connectivity index (χ2v) is 9.46. The molecule has 140 valence electrons. The van der Waals surface area contributed by atoms with Crippen LogP contribution < -0.4 is 0 Å². The van der Waals surface area contributed by atoms with E-state index in [4.69, 9.17) is 0 Å². The fourth-order valence-corrected chi connectivity index (χ4v) is 5.35. The Bertz CT molecular complexity index is 776. The van der Waals surface area contributed by atoms with Crippen LogP contribution in [0.4, 0.5) is 0 Å². The van der Waals surface area contributed by atoms with Crippen LogP contribution in [0.2, 0.25) is 0 Å². The average Bonchev–Trinajstić information content (AvgIpc) is 2.63. The predicted octanol–water partition coefficient (Wildman–Crippen LogP) is 6.72. The zero-order chi connectivity index (χ0) is 18.7. The van der Waals surface area contributed by atoms with Gasteiger partial charge in [0.05, 0.1) is 8.95 Å². The lowest BCUT2D eigenvalue weighted by atomic mass is 9.93. The van der Waals surface area contributed by atoms with Crippen molar-refractivity contribution in [3.63, 3.8) is 0 Å². The number of phenolic OH excluding ortho intramolecular Hbond substituents is 2. The van der Waals surface area contributed by atoms with Crippen LogP contribution in [0, 0.1) is 0 Å². The summed E-state index contributed by atoms with van der Waals surface area (Å²) in [7, 11) is 0. The molecule has 1 saturated carbocycles. The van der Waals surface area contributed by atoms with Gasteiger partial charge in [0.1, 0.15) is 11.5 Å². The third-order valence-corrected chi connectivity index (χ3v) is 6.72. The molecule has 2 aromatic carbocycles. The molecular weight excluding hydrogens is 526 g/mol. The van der Waals surface area contributed by atoms with Gasteiger partial charge >= 0.3 is 0 Å². The Morgan fingerprint density at radius 1 is 0.846 bits per heavy atom. The van der Waals surface area contributed by atoms with E-state index in [0.717, 1.165) is 28.4 Å². The number of halogens is 3. The first-order valence-electron chi connectivity index (χ1n) is 8.83. The molecule has 0 radical (unpaired) electrons. The molecule has 1 fully saturated rings. The summed E-state index contributed by atoms with van der Waals surface area (Å²) < 4.78 is 2.34. The Hall–Kier alpha value is -0.560. The summed E-state index contributed by atoms with van der Waals surface area (Å²) in [6.45, 7) is 1.29. The van der Waals surface area contributed by atoms with Gasteiger partial charge in [-0.15, -0.1) is 0 Å². The molecule has 0 bridgehead atoms. The molecule has 1 aliphatic carbocycles. The summed E-state index contributed by atoms with van der Waals surface area (Å²) in [5, 5.41) is 20.9. The first-order chi connectivity index (χ1) is 12.5. The van der Waals surface area contributed by atoms with Crippen molar-refractivity contribution in [1.29, 1.82) is 0 Å². The molecular formula is C20H22Br3NO2. The minimum absolute atomic E-state index is 0.285. The van der Waals surface area contributed by atoms with E-state index in [2.05, 4.69) is 52.7 Å². The highest BCUT2D eigenvalue weighted by atomic mass is 79.9. The van der Waals surface area contributed by atoms with Crippen molar-refractivity contribution >= 4 is 47.8 Å². The van der Waals surface area contributed by atoms with E-state index >= 15 is 0 Å². The number of benzene rings is 2. The average molecular weight is 548 g/mol. The van der Waals surface area contributed by atoms with E-state index in [0.29, 0.717) is 33.8 Å². The highest BCUT2D eigenvalue weighted by Crippen LogP contribution is 2.36. The smallest absolute Gasteiger partial charge is 0.134 e. The van der Waals surface area contributed by atoms with E-state index in [-0.39, 0.29) is 5.75 Å². The molecule has 3 nitrogen and oxygen atoms in total. The van der Waals surface area contributed by atoms with Crippen LogP contribution in [0.3, 0.4) is 0 Å². The zero-order valence-electron chi connectivity index (χ0n) is 14.4. The van der Waals surface area contributed by atoms with Gasteiger partial charge in [-0.05, 0) is 62.9 Å². The Balaban J connectivity index is 1.89. The third-order valence-electron chi connectivity index (χ3n) is 5.02. The van der Waals surface area contributed by atoms with Gasteiger partial charge in [0.25, 0.3) is 0 Å². The molecule has 0 saturated heterocycles.